The fourth-order valence-electron chi connectivity index (χ4n) is 4.38. The maximum Gasteiger partial charge on any atom is 0.449 e. The SMILES string of the molecule is CCC(C)(C)C(=O)OC1(C)C(F)(F)C(O)(C(F)(F)F)OC(C2CCCCC2)(C(F)(F)F)C1(F)F. The molecule has 3 unspecified atom stereocenters. The van der Waals surface area contributed by atoms with Crippen molar-refractivity contribution in [2.75, 3.05) is 0 Å². The number of ether oxygens (including phenoxy) is 2. The van der Waals surface area contributed by atoms with Crippen molar-refractivity contribution < 1.29 is 63.3 Å². The number of hydrogen-bond acceptors (Lipinski definition) is 4. The van der Waals surface area contributed by atoms with E-state index in [0.717, 1.165) is 13.8 Å². The minimum absolute atomic E-state index is 0.137. The smallest absolute Gasteiger partial charge is 0.446 e. The molecule has 0 amide bonds. The lowest BCUT2D eigenvalue weighted by Crippen LogP contribution is -2.88. The van der Waals surface area contributed by atoms with E-state index in [1.54, 1.807) is 0 Å². The van der Waals surface area contributed by atoms with E-state index in [-0.39, 0.29) is 25.7 Å². The number of alkyl halides is 10. The van der Waals surface area contributed by atoms with E-state index in [1.165, 1.54) is 6.92 Å². The van der Waals surface area contributed by atoms with Crippen LogP contribution in [0.2, 0.25) is 0 Å². The van der Waals surface area contributed by atoms with Crippen molar-refractivity contribution in [1.82, 2.24) is 0 Å². The van der Waals surface area contributed by atoms with Gasteiger partial charge in [-0.2, -0.15) is 43.9 Å². The third-order valence-corrected chi connectivity index (χ3v) is 7.12. The van der Waals surface area contributed by atoms with E-state index < -0.39 is 78.3 Å². The number of carbonyl (C=O) groups excluding carboxylic acids is 1. The Morgan fingerprint density at radius 3 is 1.79 bits per heavy atom. The zero-order chi connectivity index (χ0) is 26.8. The highest BCUT2D eigenvalue weighted by Gasteiger charge is 2.96. The zero-order valence-corrected chi connectivity index (χ0v) is 18.8. The predicted molar refractivity (Wildman–Crippen MR) is 95.9 cm³/mol. The van der Waals surface area contributed by atoms with Crippen molar-refractivity contribution >= 4 is 5.97 Å². The summed E-state index contributed by atoms with van der Waals surface area (Å²) in [7, 11) is 0. The van der Waals surface area contributed by atoms with Gasteiger partial charge in [0.15, 0.2) is 0 Å². The van der Waals surface area contributed by atoms with E-state index in [2.05, 4.69) is 9.47 Å². The molecule has 1 heterocycles. The minimum Gasteiger partial charge on any atom is -0.446 e. The van der Waals surface area contributed by atoms with E-state index in [4.69, 9.17) is 0 Å². The van der Waals surface area contributed by atoms with Gasteiger partial charge in [0, 0.05) is 5.92 Å². The lowest BCUT2D eigenvalue weighted by Gasteiger charge is -2.61. The summed E-state index contributed by atoms with van der Waals surface area (Å²) in [5.74, 6) is -22.6. The Labute approximate surface area is 188 Å². The van der Waals surface area contributed by atoms with Crippen molar-refractivity contribution in [2.24, 2.45) is 11.3 Å². The normalized spacial score (nSPS) is 35.1. The number of rotatable bonds is 4. The highest BCUT2D eigenvalue weighted by molar-refractivity contribution is 5.76. The van der Waals surface area contributed by atoms with Gasteiger partial charge in [-0.05, 0) is 40.0 Å². The van der Waals surface area contributed by atoms with E-state index in [9.17, 15) is 36.2 Å². The molecule has 1 saturated carbocycles. The van der Waals surface area contributed by atoms with Gasteiger partial charge in [-0.1, -0.05) is 26.2 Å². The van der Waals surface area contributed by atoms with Crippen molar-refractivity contribution in [1.29, 1.82) is 0 Å². The quantitative estimate of drug-likeness (QED) is 0.357. The van der Waals surface area contributed by atoms with Crippen LogP contribution in [0.15, 0.2) is 0 Å². The molecular weight excluding hydrogens is 494 g/mol. The number of hydrogen-bond donors (Lipinski definition) is 1. The molecule has 1 aliphatic carbocycles. The standard InChI is InChI=1S/C20H26F10O4/c1-5-13(2,3)12(31)33-14(4)16(21,22)15(19(25,26)27,11-9-7-6-8-10-11)34-18(32,17(14,23)24)20(28,29)30/h11,32H,5-10H2,1-4H3. The van der Waals surface area contributed by atoms with Gasteiger partial charge in [-0.25, -0.2) is 0 Å². The maximum atomic E-state index is 15.9. The Morgan fingerprint density at radius 2 is 1.41 bits per heavy atom. The molecule has 200 valence electrons. The lowest BCUT2D eigenvalue weighted by atomic mass is 9.64. The average molecular weight is 520 g/mol. The summed E-state index contributed by atoms with van der Waals surface area (Å²) in [5, 5.41) is 9.98. The van der Waals surface area contributed by atoms with Crippen LogP contribution in [0.3, 0.4) is 0 Å². The molecule has 1 N–H and O–H groups in total. The molecule has 1 saturated heterocycles. The molecule has 3 atom stereocenters. The third-order valence-electron chi connectivity index (χ3n) is 7.12. The first-order chi connectivity index (χ1) is 15.0. The van der Waals surface area contributed by atoms with Crippen molar-refractivity contribution in [3.05, 3.63) is 0 Å². The molecule has 2 rings (SSSR count). The largest absolute Gasteiger partial charge is 0.449 e. The predicted octanol–water partition coefficient (Wildman–Crippen LogP) is 6.16. The molecule has 2 aliphatic rings. The lowest BCUT2D eigenvalue weighted by molar-refractivity contribution is -0.563. The van der Waals surface area contributed by atoms with Gasteiger partial charge in [-0.15, -0.1) is 0 Å². The third kappa shape index (κ3) is 3.60. The molecule has 2 fully saturated rings. The van der Waals surface area contributed by atoms with Gasteiger partial charge in [-0.3, -0.25) is 4.79 Å². The number of halogens is 10. The van der Waals surface area contributed by atoms with Crippen molar-refractivity contribution in [3.63, 3.8) is 0 Å². The van der Waals surface area contributed by atoms with Crippen LogP contribution in [-0.2, 0) is 14.3 Å². The Morgan fingerprint density at radius 1 is 0.941 bits per heavy atom. The van der Waals surface area contributed by atoms with Gasteiger partial charge < -0.3 is 14.6 Å². The Bertz CT molecular complexity index is 787. The summed E-state index contributed by atoms with van der Waals surface area (Å²) in [6.45, 7) is 2.89. The van der Waals surface area contributed by atoms with E-state index >= 15 is 17.6 Å². The molecule has 0 bridgehead atoms. The van der Waals surface area contributed by atoms with Crippen LogP contribution in [0, 0.1) is 11.3 Å². The number of carbonyl (C=O) groups is 1. The Balaban J connectivity index is 2.96. The van der Waals surface area contributed by atoms with Gasteiger partial charge >= 0.3 is 36.0 Å². The maximum absolute atomic E-state index is 15.9. The first-order valence-electron chi connectivity index (χ1n) is 10.5. The van der Waals surface area contributed by atoms with Crippen LogP contribution >= 0.6 is 0 Å². The summed E-state index contributed by atoms with van der Waals surface area (Å²) < 4.78 is 154. The van der Waals surface area contributed by atoms with Crippen molar-refractivity contribution in [2.45, 2.75) is 107 Å². The Hall–Kier alpha value is -1.31. The molecule has 0 radical (unpaired) electrons. The summed E-state index contributed by atoms with van der Waals surface area (Å²) in [5.41, 5.74) is -12.2. The van der Waals surface area contributed by atoms with E-state index in [0.29, 0.717) is 0 Å². The molecule has 1 aliphatic heterocycles. The first-order valence-corrected chi connectivity index (χ1v) is 10.5. The van der Waals surface area contributed by atoms with Gasteiger partial charge in [0.2, 0.25) is 11.2 Å². The van der Waals surface area contributed by atoms with Crippen LogP contribution in [0.25, 0.3) is 0 Å². The highest BCUT2D eigenvalue weighted by Crippen LogP contribution is 2.69. The summed E-state index contributed by atoms with van der Waals surface area (Å²) in [6, 6.07) is 0. The molecule has 0 aromatic carbocycles. The van der Waals surface area contributed by atoms with Crippen LogP contribution < -0.4 is 0 Å². The molecule has 4 nitrogen and oxygen atoms in total. The first kappa shape index (κ1) is 28.9. The summed E-state index contributed by atoms with van der Waals surface area (Å²) in [6.07, 6.45) is -14.8. The summed E-state index contributed by atoms with van der Waals surface area (Å²) >= 11 is 0. The fourth-order valence-corrected chi connectivity index (χ4v) is 4.38. The van der Waals surface area contributed by atoms with Crippen LogP contribution in [-0.4, -0.2) is 52.3 Å². The Kier molecular flexibility index (Phi) is 6.89. The van der Waals surface area contributed by atoms with Crippen LogP contribution in [0.4, 0.5) is 43.9 Å². The van der Waals surface area contributed by atoms with Crippen molar-refractivity contribution in [3.8, 4) is 0 Å². The van der Waals surface area contributed by atoms with Gasteiger partial charge in [0.05, 0.1) is 5.41 Å². The van der Waals surface area contributed by atoms with Gasteiger partial charge in [0.25, 0.3) is 0 Å². The van der Waals surface area contributed by atoms with Gasteiger partial charge in [0.1, 0.15) is 0 Å². The zero-order valence-electron chi connectivity index (χ0n) is 18.8. The minimum atomic E-state index is -6.69. The number of aliphatic hydroxyl groups is 1. The monoisotopic (exact) mass is 520 g/mol. The molecule has 0 aromatic rings. The molecular formula is C20H26F10O4. The fraction of sp³-hybridized carbons (Fsp3) is 0.950. The number of esters is 1. The second kappa shape index (κ2) is 8.10. The van der Waals surface area contributed by atoms with Crippen LogP contribution in [0.1, 0.15) is 66.2 Å². The van der Waals surface area contributed by atoms with E-state index in [1.807, 2.05) is 0 Å². The molecule has 34 heavy (non-hydrogen) atoms. The van der Waals surface area contributed by atoms with Crippen LogP contribution in [0.5, 0.6) is 0 Å². The molecule has 0 spiro atoms. The second-order valence-corrected chi connectivity index (χ2v) is 9.62. The molecule has 0 aromatic heterocycles. The topological polar surface area (TPSA) is 55.8 Å². The highest BCUT2D eigenvalue weighted by atomic mass is 19.4. The molecule has 14 heteroatoms. The second-order valence-electron chi connectivity index (χ2n) is 9.62. The average Bonchev–Trinajstić information content (AvgIpc) is 2.68. The summed E-state index contributed by atoms with van der Waals surface area (Å²) in [4.78, 5) is 12.5.